The molecule has 0 aliphatic rings. The van der Waals surface area contributed by atoms with Gasteiger partial charge in [-0.15, -0.1) is 0 Å². The Hall–Kier alpha value is -1.60. The quantitative estimate of drug-likeness (QED) is 0.732. The standard InChI is InChI=1S/C14H15ClN2O3S/c15-11-7-4-8-12(16)14(11)21(19,20)17-13(9-18)10-5-2-1-3-6-10/h1-8,13,17-18H,9,16H2/t13-/m0/s1. The van der Waals surface area contributed by atoms with Crippen LogP contribution in [-0.2, 0) is 10.0 Å². The van der Waals surface area contributed by atoms with Crippen LogP contribution in [0.15, 0.2) is 53.4 Å². The third kappa shape index (κ3) is 3.54. The lowest BCUT2D eigenvalue weighted by Gasteiger charge is -2.18. The van der Waals surface area contributed by atoms with Crippen LogP contribution in [0.3, 0.4) is 0 Å². The molecule has 0 aliphatic carbocycles. The number of aliphatic hydroxyl groups excluding tert-OH is 1. The molecule has 7 heteroatoms. The molecule has 112 valence electrons. The van der Waals surface area contributed by atoms with Crippen molar-refractivity contribution in [1.82, 2.24) is 4.72 Å². The van der Waals surface area contributed by atoms with Gasteiger partial charge < -0.3 is 10.8 Å². The largest absolute Gasteiger partial charge is 0.398 e. The summed E-state index contributed by atoms with van der Waals surface area (Å²) in [7, 11) is -3.95. The third-order valence-corrected chi connectivity index (χ3v) is 4.96. The molecule has 2 aromatic rings. The molecule has 0 aliphatic heterocycles. The Morgan fingerprint density at radius 1 is 1.14 bits per heavy atom. The summed E-state index contributed by atoms with van der Waals surface area (Å²) in [6.45, 7) is -0.381. The predicted octanol–water partition coefficient (Wildman–Crippen LogP) is 1.93. The van der Waals surface area contributed by atoms with Gasteiger partial charge in [0.1, 0.15) is 4.90 Å². The van der Waals surface area contributed by atoms with E-state index in [9.17, 15) is 13.5 Å². The zero-order valence-corrected chi connectivity index (χ0v) is 12.6. The highest BCUT2D eigenvalue weighted by atomic mass is 35.5. The first-order chi connectivity index (χ1) is 9.95. The summed E-state index contributed by atoms with van der Waals surface area (Å²) in [4.78, 5) is -0.180. The van der Waals surface area contributed by atoms with Crippen molar-refractivity contribution in [3.8, 4) is 0 Å². The second kappa shape index (κ2) is 6.44. The zero-order valence-electron chi connectivity index (χ0n) is 11.0. The van der Waals surface area contributed by atoms with E-state index in [-0.39, 0.29) is 22.2 Å². The summed E-state index contributed by atoms with van der Waals surface area (Å²) in [6.07, 6.45) is 0. The second-order valence-corrected chi connectivity index (χ2v) is 6.48. The van der Waals surface area contributed by atoms with Crippen LogP contribution in [0.5, 0.6) is 0 Å². The maximum atomic E-state index is 12.4. The lowest BCUT2D eigenvalue weighted by Crippen LogP contribution is -2.31. The Kier molecular flexibility index (Phi) is 4.84. The van der Waals surface area contributed by atoms with Gasteiger partial charge in [0.05, 0.1) is 23.4 Å². The van der Waals surface area contributed by atoms with Crippen molar-refractivity contribution in [3.63, 3.8) is 0 Å². The summed E-state index contributed by atoms with van der Waals surface area (Å²) in [5.74, 6) is 0. The number of rotatable bonds is 5. The number of anilines is 1. The number of halogens is 1. The third-order valence-electron chi connectivity index (χ3n) is 2.95. The highest BCUT2D eigenvalue weighted by Crippen LogP contribution is 2.28. The van der Waals surface area contributed by atoms with Gasteiger partial charge in [-0.3, -0.25) is 0 Å². The highest BCUT2D eigenvalue weighted by Gasteiger charge is 2.25. The summed E-state index contributed by atoms with van der Waals surface area (Å²) in [6, 6.07) is 12.5. The van der Waals surface area contributed by atoms with Crippen molar-refractivity contribution in [2.45, 2.75) is 10.9 Å². The molecule has 4 N–H and O–H groups in total. The highest BCUT2D eigenvalue weighted by molar-refractivity contribution is 7.89. The van der Waals surface area contributed by atoms with E-state index in [0.717, 1.165) is 0 Å². The molecule has 0 spiro atoms. The van der Waals surface area contributed by atoms with Crippen molar-refractivity contribution in [3.05, 3.63) is 59.1 Å². The van der Waals surface area contributed by atoms with Gasteiger partial charge in [-0.1, -0.05) is 48.0 Å². The van der Waals surface area contributed by atoms with E-state index >= 15 is 0 Å². The maximum Gasteiger partial charge on any atom is 0.244 e. The Balaban J connectivity index is 2.37. The van der Waals surface area contributed by atoms with Crippen LogP contribution >= 0.6 is 11.6 Å². The first-order valence-electron chi connectivity index (χ1n) is 6.18. The number of nitrogens with one attached hydrogen (secondary N) is 1. The van der Waals surface area contributed by atoms with Crippen LogP contribution in [0.4, 0.5) is 5.69 Å². The monoisotopic (exact) mass is 326 g/mol. The molecule has 0 fully saturated rings. The maximum absolute atomic E-state index is 12.4. The average molecular weight is 327 g/mol. The molecule has 0 unspecified atom stereocenters. The SMILES string of the molecule is Nc1cccc(Cl)c1S(=O)(=O)N[C@@H](CO)c1ccccc1. The van der Waals surface area contributed by atoms with Crippen molar-refractivity contribution < 1.29 is 13.5 Å². The Labute approximate surface area is 128 Å². The fraction of sp³-hybridized carbons (Fsp3) is 0.143. The number of sulfonamides is 1. The molecule has 0 heterocycles. The Bertz CT molecular complexity index is 700. The number of hydrogen-bond donors (Lipinski definition) is 3. The Morgan fingerprint density at radius 3 is 2.38 bits per heavy atom. The molecule has 2 aromatic carbocycles. The molecule has 0 radical (unpaired) electrons. The van der Waals surface area contributed by atoms with E-state index in [1.807, 2.05) is 0 Å². The molecule has 2 rings (SSSR count). The van der Waals surface area contributed by atoms with Gasteiger partial charge in [0.25, 0.3) is 0 Å². The van der Waals surface area contributed by atoms with Crippen LogP contribution in [0.2, 0.25) is 5.02 Å². The van der Waals surface area contributed by atoms with Crippen molar-refractivity contribution >= 4 is 27.3 Å². The van der Waals surface area contributed by atoms with Crippen molar-refractivity contribution in [2.75, 3.05) is 12.3 Å². The smallest absolute Gasteiger partial charge is 0.244 e. The normalized spacial score (nSPS) is 13.0. The van der Waals surface area contributed by atoms with E-state index in [2.05, 4.69) is 4.72 Å². The van der Waals surface area contributed by atoms with Crippen molar-refractivity contribution in [1.29, 1.82) is 0 Å². The van der Waals surface area contributed by atoms with E-state index in [1.54, 1.807) is 36.4 Å². The number of hydrogen-bond acceptors (Lipinski definition) is 4. The molecule has 0 saturated heterocycles. The van der Waals surface area contributed by atoms with E-state index in [0.29, 0.717) is 5.56 Å². The van der Waals surface area contributed by atoms with Crippen LogP contribution in [-0.4, -0.2) is 20.1 Å². The minimum atomic E-state index is -3.95. The van der Waals surface area contributed by atoms with Gasteiger partial charge >= 0.3 is 0 Å². The molecular formula is C14H15ClN2O3S. The molecule has 0 amide bonds. The minimum absolute atomic E-state index is 0.0345. The van der Waals surface area contributed by atoms with Gasteiger partial charge in [-0.2, -0.15) is 0 Å². The van der Waals surface area contributed by atoms with Crippen LogP contribution < -0.4 is 10.5 Å². The van der Waals surface area contributed by atoms with Crippen molar-refractivity contribution in [2.24, 2.45) is 0 Å². The van der Waals surface area contributed by atoms with Gasteiger partial charge in [-0.25, -0.2) is 13.1 Å². The molecular weight excluding hydrogens is 312 g/mol. The summed E-state index contributed by atoms with van der Waals surface area (Å²) < 4.78 is 27.3. The van der Waals surface area contributed by atoms with E-state index in [4.69, 9.17) is 17.3 Å². The second-order valence-electron chi connectivity index (χ2n) is 4.43. The summed E-state index contributed by atoms with van der Waals surface area (Å²) in [5.41, 5.74) is 6.40. The molecule has 0 bridgehead atoms. The topological polar surface area (TPSA) is 92.4 Å². The zero-order chi connectivity index (χ0) is 15.5. The van der Waals surface area contributed by atoms with Gasteiger partial charge in [-0.05, 0) is 17.7 Å². The van der Waals surface area contributed by atoms with Gasteiger partial charge in [0.2, 0.25) is 10.0 Å². The van der Waals surface area contributed by atoms with Crippen LogP contribution in [0.25, 0.3) is 0 Å². The summed E-state index contributed by atoms with van der Waals surface area (Å²) in [5, 5.41) is 9.47. The first kappa shape index (κ1) is 15.8. The van der Waals surface area contributed by atoms with Crippen LogP contribution in [0, 0.1) is 0 Å². The molecule has 1 atom stereocenters. The predicted molar refractivity (Wildman–Crippen MR) is 82.5 cm³/mol. The Morgan fingerprint density at radius 2 is 1.81 bits per heavy atom. The fourth-order valence-electron chi connectivity index (χ4n) is 1.95. The number of nitrogen functional groups attached to an aromatic ring is 1. The van der Waals surface area contributed by atoms with Gasteiger partial charge in [0.15, 0.2) is 0 Å². The first-order valence-corrected chi connectivity index (χ1v) is 8.04. The van der Waals surface area contributed by atoms with Gasteiger partial charge in [0, 0.05) is 0 Å². The fourth-order valence-corrected chi connectivity index (χ4v) is 3.84. The average Bonchev–Trinajstić information content (AvgIpc) is 2.45. The molecule has 21 heavy (non-hydrogen) atoms. The number of aliphatic hydroxyl groups is 1. The minimum Gasteiger partial charge on any atom is -0.398 e. The molecule has 5 nitrogen and oxygen atoms in total. The molecule has 0 saturated carbocycles. The van der Waals surface area contributed by atoms with Crippen LogP contribution in [0.1, 0.15) is 11.6 Å². The number of nitrogens with two attached hydrogens (primary N) is 1. The lowest BCUT2D eigenvalue weighted by molar-refractivity contribution is 0.259. The van der Waals surface area contributed by atoms with E-state index in [1.165, 1.54) is 12.1 Å². The molecule has 0 aromatic heterocycles. The van der Waals surface area contributed by atoms with E-state index < -0.39 is 16.1 Å². The lowest BCUT2D eigenvalue weighted by atomic mass is 10.1. The number of benzene rings is 2. The summed E-state index contributed by atoms with van der Waals surface area (Å²) >= 11 is 5.93.